The van der Waals surface area contributed by atoms with Crippen LogP contribution in [0.3, 0.4) is 0 Å². The van der Waals surface area contributed by atoms with Crippen LogP contribution in [0.25, 0.3) is 0 Å². The molecule has 0 radical (unpaired) electrons. The lowest BCUT2D eigenvalue weighted by Crippen LogP contribution is -3.13. The fraction of sp³-hybridized carbons (Fsp3) is 0.310. The first kappa shape index (κ1) is 24.5. The minimum atomic E-state index is -1.51. The Labute approximate surface area is 216 Å². The molecule has 1 fully saturated rings. The molecule has 1 aliphatic rings. The number of nitrogens with one attached hydrogen (secondary N) is 1. The number of aliphatic hydroxyl groups is 1. The quantitative estimate of drug-likeness (QED) is 0.375. The number of likely N-dealkylation sites (tertiary alicyclic amines) is 1. The molecule has 3 atom stereocenters. The maximum atomic E-state index is 11.9. The minimum absolute atomic E-state index is 0.0742. The number of ether oxygens (including phenoxy) is 1. The van der Waals surface area contributed by atoms with Gasteiger partial charge in [0.25, 0.3) is 5.89 Å². The van der Waals surface area contributed by atoms with Crippen molar-refractivity contribution in [3.8, 4) is 5.75 Å². The Kier molecular flexibility index (Phi) is 7.37. The van der Waals surface area contributed by atoms with E-state index >= 15 is 0 Å². The first-order valence-electron chi connectivity index (χ1n) is 12.5. The van der Waals surface area contributed by atoms with Crippen LogP contribution in [-0.2, 0) is 12.1 Å². The molecular weight excluding hydrogens is 474 g/mol. The number of quaternary nitrogens is 1. The fourth-order valence-corrected chi connectivity index (χ4v) is 5.26. The van der Waals surface area contributed by atoms with Crippen LogP contribution < -0.4 is 9.64 Å². The van der Waals surface area contributed by atoms with Gasteiger partial charge in [0.15, 0.2) is 18.2 Å². The summed E-state index contributed by atoms with van der Waals surface area (Å²) in [4.78, 5) is 5.99. The van der Waals surface area contributed by atoms with Crippen LogP contribution in [0.4, 0.5) is 0 Å². The summed E-state index contributed by atoms with van der Waals surface area (Å²) in [6.45, 7) is 4.60. The van der Waals surface area contributed by atoms with Crippen LogP contribution in [0, 0.1) is 5.92 Å². The molecule has 0 bridgehead atoms. The van der Waals surface area contributed by atoms with Gasteiger partial charge in [-0.15, -0.1) is 0 Å². The van der Waals surface area contributed by atoms with Crippen LogP contribution in [0.2, 0.25) is 5.02 Å². The molecule has 0 saturated carbocycles. The molecule has 36 heavy (non-hydrogen) atoms. The number of aromatic nitrogens is 2. The second-order valence-corrected chi connectivity index (χ2v) is 9.84. The first-order chi connectivity index (χ1) is 17.6. The zero-order chi connectivity index (χ0) is 25.0. The van der Waals surface area contributed by atoms with Crippen molar-refractivity contribution in [1.29, 1.82) is 0 Å². The lowest BCUT2D eigenvalue weighted by Gasteiger charge is -2.35. The van der Waals surface area contributed by atoms with Crippen molar-refractivity contribution >= 4 is 11.6 Å². The molecule has 186 valence electrons. The van der Waals surface area contributed by atoms with E-state index in [2.05, 4.69) is 17.1 Å². The van der Waals surface area contributed by atoms with E-state index in [1.165, 1.54) is 4.90 Å². The Morgan fingerprint density at radius 1 is 1.03 bits per heavy atom. The number of rotatable bonds is 8. The highest BCUT2D eigenvalue weighted by atomic mass is 35.5. The van der Waals surface area contributed by atoms with E-state index in [0.717, 1.165) is 31.7 Å². The maximum absolute atomic E-state index is 11.9. The molecule has 1 aliphatic heterocycles. The van der Waals surface area contributed by atoms with Crippen LogP contribution in [0.5, 0.6) is 5.75 Å². The second-order valence-electron chi connectivity index (χ2n) is 9.41. The molecule has 1 aromatic heterocycles. The van der Waals surface area contributed by atoms with Gasteiger partial charge in [-0.2, -0.15) is 4.98 Å². The molecular formula is C29H31ClN3O3+. The highest BCUT2D eigenvalue weighted by molar-refractivity contribution is 6.30. The van der Waals surface area contributed by atoms with E-state index in [-0.39, 0.29) is 11.9 Å². The third-order valence-electron chi connectivity index (χ3n) is 7.07. The van der Waals surface area contributed by atoms with E-state index in [9.17, 15) is 5.11 Å². The maximum Gasteiger partial charge on any atom is 0.281 e. The third-order valence-corrected chi connectivity index (χ3v) is 7.30. The molecule has 2 heterocycles. The fourth-order valence-electron chi connectivity index (χ4n) is 5.08. The monoisotopic (exact) mass is 504 g/mol. The van der Waals surface area contributed by atoms with Gasteiger partial charge in [-0.1, -0.05) is 90.4 Å². The van der Waals surface area contributed by atoms with Crippen LogP contribution >= 0.6 is 11.6 Å². The van der Waals surface area contributed by atoms with Gasteiger partial charge in [0.2, 0.25) is 5.82 Å². The molecule has 2 N–H and O–H groups in total. The van der Waals surface area contributed by atoms with Gasteiger partial charge >= 0.3 is 0 Å². The Morgan fingerprint density at radius 2 is 1.72 bits per heavy atom. The zero-order valence-corrected chi connectivity index (χ0v) is 21.1. The van der Waals surface area contributed by atoms with Gasteiger partial charge in [-0.05, 0) is 35.7 Å². The van der Waals surface area contributed by atoms with Crippen molar-refractivity contribution in [3.63, 3.8) is 0 Å². The lowest BCUT2D eigenvalue weighted by molar-refractivity contribution is -0.924. The minimum Gasteiger partial charge on any atom is -0.484 e. The molecule has 7 heteroatoms. The van der Waals surface area contributed by atoms with Gasteiger partial charge in [-0.25, -0.2) is 0 Å². The average molecular weight is 505 g/mol. The molecule has 3 unspecified atom stereocenters. The highest BCUT2D eigenvalue weighted by Gasteiger charge is 2.40. The third kappa shape index (κ3) is 5.16. The van der Waals surface area contributed by atoms with Crippen molar-refractivity contribution < 1.29 is 19.3 Å². The van der Waals surface area contributed by atoms with Gasteiger partial charge < -0.3 is 19.3 Å². The molecule has 0 aliphatic carbocycles. The standard InChI is InChI=1S/C29H30ClN3O3/c1-2-21-16-17-33(19-26(21)35-25-15-9-14-24(30)18-25)20-27-31-28(32-36-27)29(34,22-10-5-3-6-11-22)23-12-7-4-8-13-23/h3-15,18,21,26,34H,2,16-17,19-20H2,1H3/p+1. The summed E-state index contributed by atoms with van der Waals surface area (Å²) in [6.07, 6.45) is 2.19. The SMILES string of the molecule is CCC1CC[NH+](Cc2nc(C(O)(c3ccccc3)c3ccccc3)no2)CC1Oc1cccc(Cl)c1. The van der Waals surface area contributed by atoms with Gasteiger partial charge in [0.1, 0.15) is 12.3 Å². The number of nitrogens with zero attached hydrogens (tertiary/aromatic N) is 2. The summed E-state index contributed by atoms with van der Waals surface area (Å²) < 4.78 is 12.0. The zero-order valence-electron chi connectivity index (χ0n) is 20.3. The molecule has 1 saturated heterocycles. The summed E-state index contributed by atoms with van der Waals surface area (Å²) in [5, 5.41) is 16.8. The predicted molar refractivity (Wildman–Crippen MR) is 138 cm³/mol. The molecule has 3 aromatic carbocycles. The Hall–Kier alpha value is -3.19. The number of piperidine rings is 1. The van der Waals surface area contributed by atoms with E-state index in [1.807, 2.05) is 84.9 Å². The number of halogens is 1. The largest absolute Gasteiger partial charge is 0.484 e. The van der Waals surface area contributed by atoms with E-state index < -0.39 is 5.60 Å². The summed E-state index contributed by atoms with van der Waals surface area (Å²) in [6, 6.07) is 26.5. The molecule has 0 spiro atoms. The second kappa shape index (κ2) is 10.8. The smallest absolute Gasteiger partial charge is 0.281 e. The highest BCUT2D eigenvalue weighted by Crippen LogP contribution is 2.34. The lowest BCUT2D eigenvalue weighted by atomic mass is 9.85. The Bertz CT molecular complexity index is 1230. The Balaban J connectivity index is 1.35. The van der Waals surface area contributed by atoms with Crippen LogP contribution in [0.1, 0.15) is 42.6 Å². The van der Waals surface area contributed by atoms with Crippen molar-refractivity contribution in [1.82, 2.24) is 10.1 Å². The van der Waals surface area contributed by atoms with Crippen molar-refractivity contribution in [2.75, 3.05) is 13.1 Å². The number of hydrogen-bond acceptors (Lipinski definition) is 5. The number of hydrogen-bond donors (Lipinski definition) is 2. The first-order valence-corrected chi connectivity index (χ1v) is 12.9. The Morgan fingerprint density at radius 3 is 2.36 bits per heavy atom. The van der Waals surface area contributed by atoms with Crippen molar-refractivity contribution in [2.24, 2.45) is 5.92 Å². The molecule has 6 nitrogen and oxygen atoms in total. The molecule has 0 amide bonds. The van der Waals surface area contributed by atoms with E-state index in [1.54, 1.807) is 0 Å². The van der Waals surface area contributed by atoms with Gasteiger partial charge in [0, 0.05) is 17.4 Å². The van der Waals surface area contributed by atoms with Crippen LogP contribution in [0.15, 0.2) is 89.5 Å². The summed E-state index contributed by atoms with van der Waals surface area (Å²) in [5.74, 6) is 2.02. The average Bonchev–Trinajstić information content (AvgIpc) is 3.38. The van der Waals surface area contributed by atoms with E-state index in [0.29, 0.717) is 34.5 Å². The van der Waals surface area contributed by atoms with Crippen molar-refractivity contribution in [3.05, 3.63) is 113 Å². The summed E-state index contributed by atoms with van der Waals surface area (Å²) in [5.41, 5.74) is -0.128. The van der Waals surface area contributed by atoms with Gasteiger partial charge in [0.05, 0.1) is 6.54 Å². The topological polar surface area (TPSA) is 72.8 Å². The molecule has 4 aromatic rings. The van der Waals surface area contributed by atoms with Crippen LogP contribution in [-0.4, -0.2) is 34.4 Å². The predicted octanol–water partition coefficient (Wildman–Crippen LogP) is 4.27. The normalized spacial score (nSPS) is 20.2. The number of benzene rings is 3. The van der Waals surface area contributed by atoms with E-state index in [4.69, 9.17) is 20.9 Å². The van der Waals surface area contributed by atoms with Gasteiger partial charge in [-0.3, -0.25) is 0 Å². The summed E-state index contributed by atoms with van der Waals surface area (Å²) in [7, 11) is 0. The summed E-state index contributed by atoms with van der Waals surface area (Å²) >= 11 is 6.16. The van der Waals surface area contributed by atoms with Crippen molar-refractivity contribution in [2.45, 2.75) is 38.0 Å². The molecule has 5 rings (SSSR count).